The van der Waals surface area contributed by atoms with Crippen molar-refractivity contribution in [1.82, 2.24) is 10.5 Å². The van der Waals surface area contributed by atoms with E-state index >= 15 is 0 Å². The zero-order chi connectivity index (χ0) is 20.2. The number of carbonyl (C=O) groups is 2. The molecule has 2 aliphatic rings. The Morgan fingerprint density at radius 1 is 1.31 bits per heavy atom. The third kappa shape index (κ3) is 4.30. The van der Waals surface area contributed by atoms with E-state index in [4.69, 9.17) is 14.4 Å². The van der Waals surface area contributed by atoms with E-state index in [0.29, 0.717) is 25.5 Å². The maximum absolute atomic E-state index is 12.2. The van der Waals surface area contributed by atoms with Crippen LogP contribution in [-0.4, -0.2) is 60.5 Å². The summed E-state index contributed by atoms with van der Waals surface area (Å²) < 4.78 is 10.2. The summed E-state index contributed by atoms with van der Waals surface area (Å²) in [6, 6.07) is 8.84. The van der Waals surface area contributed by atoms with Gasteiger partial charge < -0.3 is 25.0 Å². The predicted molar refractivity (Wildman–Crippen MR) is 106 cm³/mol. The molecule has 2 atom stereocenters. The number of ether oxygens (including phenoxy) is 1. The van der Waals surface area contributed by atoms with Crippen LogP contribution in [0.1, 0.15) is 12.0 Å². The van der Waals surface area contributed by atoms with E-state index in [1.807, 2.05) is 30.3 Å². The van der Waals surface area contributed by atoms with Gasteiger partial charge in [-0.1, -0.05) is 23.4 Å². The lowest BCUT2D eigenvalue weighted by atomic mass is 9.95. The van der Waals surface area contributed by atoms with E-state index in [2.05, 4.69) is 15.8 Å². The van der Waals surface area contributed by atoms with E-state index in [1.54, 1.807) is 11.0 Å². The van der Waals surface area contributed by atoms with E-state index < -0.39 is 12.6 Å². The van der Waals surface area contributed by atoms with Crippen molar-refractivity contribution in [3.63, 3.8) is 0 Å². The Balaban J connectivity index is 1.40. The molecule has 152 valence electrons. The average molecular weight is 398 g/mol. The molecule has 1 aromatic carbocycles. The summed E-state index contributed by atoms with van der Waals surface area (Å²) in [6.07, 6.45) is 3.43. The van der Waals surface area contributed by atoms with Gasteiger partial charge in [0.25, 0.3) is 0 Å². The van der Waals surface area contributed by atoms with Crippen molar-refractivity contribution < 1.29 is 24.0 Å². The molecular weight excluding hydrogens is 376 g/mol. The van der Waals surface area contributed by atoms with E-state index in [9.17, 15) is 9.59 Å². The number of nitrogens with one attached hydrogen (secondary N) is 2. The van der Waals surface area contributed by atoms with Crippen molar-refractivity contribution in [3.05, 3.63) is 48.2 Å². The Morgan fingerprint density at radius 3 is 2.86 bits per heavy atom. The fourth-order valence-electron chi connectivity index (χ4n) is 3.47. The van der Waals surface area contributed by atoms with Gasteiger partial charge in [0.15, 0.2) is 11.6 Å². The highest BCUT2D eigenvalue weighted by molar-refractivity contribution is 5.91. The molecule has 1 saturated heterocycles. The molecule has 2 aromatic rings. The van der Waals surface area contributed by atoms with Crippen LogP contribution in [0.25, 0.3) is 5.57 Å². The Kier molecular flexibility index (Phi) is 5.59. The van der Waals surface area contributed by atoms with Crippen LogP contribution in [-0.2, 0) is 9.53 Å². The van der Waals surface area contributed by atoms with Gasteiger partial charge in [-0.05, 0) is 29.7 Å². The summed E-state index contributed by atoms with van der Waals surface area (Å²) in [7, 11) is 0. The molecule has 4 rings (SSSR count). The van der Waals surface area contributed by atoms with E-state index in [-0.39, 0.29) is 18.0 Å². The van der Waals surface area contributed by atoms with Gasteiger partial charge >= 0.3 is 6.09 Å². The summed E-state index contributed by atoms with van der Waals surface area (Å²) in [5, 5.41) is 19.0. The first kappa shape index (κ1) is 19.2. The Bertz CT molecular complexity index is 894. The first-order chi connectivity index (χ1) is 14.1. The molecule has 9 heteroatoms. The minimum atomic E-state index is -0.482. The molecule has 0 saturated carbocycles. The van der Waals surface area contributed by atoms with Crippen LogP contribution in [0.15, 0.2) is 47.2 Å². The highest BCUT2D eigenvalue weighted by atomic mass is 16.6. The standard InChI is InChI=1S/C20H22N4O5/c25-12-18(26)17-9-14(5-7-21-17)13-1-3-15(4-2-13)24-11-16(29-20(24)27)10-22-19-6-8-28-23-19/h1-4,6,8-9,16-17,21,25H,5,7,10-12H2,(H,22,23)/t16-,17?/m0/s1. The fourth-order valence-corrected chi connectivity index (χ4v) is 3.47. The second-order valence-corrected chi connectivity index (χ2v) is 6.93. The maximum Gasteiger partial charge on any atom is 0.414 e. The number of amides is 1. The number of cyclic esters (lactones) is 1. The normalized spacial score (nSPS) is 21.6. The van der Waals surface area contributed by atoms with Crippen molar-refractivity contribution in [2.45, 2.75) is 18.6 Å². The minimum absolute atomic E-state index is 0.246. The van der Waals surface area contributed by atoms with Crippen molar-refractivity contribution in [3.8, 4) is 0 Å². The van der Waals surface area contributed by atoms with E-state index in [0.717, 1.165) is 23.2 Å². The van der Waals surface area contributed by atoms with Crippen LogP contribution >= 0.6 is 0 Å². The second kappa shape index (κ2) is 8.46. The largest absolute Gasteiger partial charge is 0.442 e. The van der Waals surface area contributed by atoms with Crippen LogP contribution < -0.4 is 15.5 Å². The number of aliphatic hydroxyl groups excluding tert-OH is 1. The molecule has 2 aliphatic heterocycles. The lowest BCUT2D eigenvalue weighted by molar-refractivity contribution is -0.122. The molecule has 1 amide bonds. The third-order valence-electron chi connectivity index (χ3n) is 5.00. The van der Waals surface area contributed by atoms with Crippen molar-refractivity contribution in [2.75, 3.05) is 36.5 Å². The van der Waals surface area contributed by atoms with Gasteiger partial charge in [0, 0.05) is 18.3 Å². The molecule has 1 fully saturated rings. The number of benzene rings is 1. The molecular formula is C20H22N4O5. The summed E-state index contributed by atoms with van der Waals surface area (Å²) in [6.45, 7) is 1.06. The van der Waals surface area contributed by atoms with Crippen LogP contribution in [0.4, 0.5) is 16.3 Å². The minimum Gasteiger partial charge on any atom is -0.442 e. The zero-order valence-corrected chi connectivity index (χ0v) is 15.7. The van der Waals surface area contributed by atoms with Gasteiger partial charge in [-0.15, -0.1) is 0 Å². The van der Waals surface area contributed by atoms with Gasteiger partial charge in [-0.3, -0.25) is 9.69 Å². The van der Waals surface area contributed by atoms with E-state index in [1.165, 1.54) is 6.26 Å². The topological polar surface area (TPSA) is 117 Å². The summed E-state index contributed by atoms with van der Waals surface area (Å²) in [5.41, 5.74) is 2.78. The van der Waals surface area contributed by atoms with Crippen LogP contribution in [0.3, 0.4) is 0 Å². The molecule has 9 nitrogen and oxygen atoms in total. The number of aliphatic hydroxyl groups is 1. The average Bonchev–Trinajstić information content (AvgIpc) is 3.41. The smallest absolute Gasteiger partial charge is 0.414 e. The van der Waals surface area contributed by atoms with Gasteiger partial charge in [0.05, 0.1) is 19.1 Å². The molecule has 0 aliphatic carbocycles. The SMILES string of the molecule is O=C(CO)C1C=C(c2ccc(N3C[C@H](CNc4ccon4)OC3=O)cc2)CCN1. The first-order valence-electron chi connectivity index (χ1n) is 9.44. The number of hydrogen-bond donors (Lipinski definition) is 3. The lowest BCUT2D eigenvalue weighted by Gasteiger charge is -2.22. The monoisotopic (exact) mass is 398 g/mol. The second-order valence-electron chi connectivity index (χ2n) is 6.93. The first-order valence-corrected chi connectivity index (χ1v) is 9.44. The highest BCUT2D eigenvalue weighted by Gasteiger charge is 2.32. The maximum atomic E-state index is 12.2. The van der Waals surface area contributed by atoms with Gasteiger partial charge in [-0.25, -0.2) is 4.79 Å². The van der Waals surface area contributed by atoms with Gasteiger partial charge in [0.1, 0.15) is 19.0 Å². The van der Waals surface area contributed by atoms with Crippen LogP contribution in [0.2, 0.25) is 0 Å². The number of Topliss-reactive ketones (excluding diaryl/α,β-unsaturated/α-hetero) is 1. The highest BCUT2D eigenvalue weighted by Crippen LogP contribution is 2.27. The number of rotatable bonds is 7. The van der Waals surface area contributed by atoms with Crippen molar-refractivity contribution >= 4 is 29.0 Å². The molecule has 29 heavy (non-hydrogen) atoms. The number of aromatic nitrogens is 1. The Labute approximate surface area is 167 Å². The Morgan fingerprint density at radius 2 is 2.14 bits per heavy atom. The van der Waals surface area contributed by atoms with Gasteiger partial charge in [-0.2, -0.15) is 0 Å². The molecule has 1 aromatic heterocycles. The molecule has 0 bridgehead atoms. The van der Waals surface area contributed by atoms with Crippen LogP contribution in [0, 0.1) is 0 Å². The number of hydrogen-bond acceptors (Lipinski definition) is 8. The summed E-state index contributed by atoms with van der Waals surface area (Å²) in [5.74, 6) is 0.348. The van der Waals surface area contributed by atoms with Gasteiger partial charge in [0.2, 0.25) is 0 Å². The Hall–Kier alpha value is -3.17. The lowest BCUT2D eigenvalue weighted by Crippen LogP contribution is -2.40. The number of carbonyl (C=O) groups excluding carboxylic acids is 2. The fraction of sp³-hybridized carbons (Fsp3) is 0.350. The zero-order valence-electron chi connectivity index (χ0n) is 15.7. The summed E-state index contributed by atoms with van der Waals surface area (Å²) >= 11 is 0. The quantitative estimate of drug-likeness (QED) is 0.641. The molecule has 3 heterocycles. The van der Waals surface area contributed by atoms with Crippen LogP contribution in [0.5, 0.6) is 0 Å². The molecule has 3 N–H and O–H groups in total. The molecule has 0 spiro atoms. The number of nitrogens with zero attached hydrogens (tertiary/aromatic N) is 2. The van der Waals surface area contributed by atoms with Crippen molar-refractivity contribution in [1.29, 1.82) is 0 Å². The molecule has 1 unspecified atom stereocenters. The number of ketones is 1. The van der Waals surface area contributed by atoms with Crippen molar-refractivity contribution in [2.24, 2.45) is 0 Å². The third-order valence-corrected chi connectivity index (χ3v) is 5.00. The predicted octanol–water partition coefficient (Wildman–Crippen LogP) is 1.42. The summed E-state index contributed by atoms with van der Waals surface area (Å²) in [4.78, 5) is 25.6. The number of anilines is 2. The molecule has 0 radical (unpaired) electrons.